The quantitative estimate of drug-likeness (QED) is 0.754. The Hall–Kier alpha value is -1.62. The van der Waals surface area contributed by atoms with E-state index in [4.69, 9.17) is 5.11 Å². The van der Waals surface area contributed by atoms with E-state index in [2.05, 4.69) is 10.6 Å². The zero-order valence-electron chi connectivity index (χ0n) is 9.96. The Labute approximate surface area is 99.8 Å². The normalized spacial score (nSPS) is 11.1. The van der Waals surface area contributed by atoms with Crippen LogP contribution in [-0.4, -0.2) is 23.3 Å². The lowest BCUT2D eigenvalue weighted by molar-refractivity contribution is 0.218. The molecule has 0 saturated heterocycles. The van der Waals surface area contributed by atoms with Crippen LogP contribution in [0, 0.1) is 5.82 Å². The summed E-state index contributed by atoms with van der Waals surface area (Å²) < 4.78 is 13.2. The predicted molar refractivity (Wildman–Crippen MR) is 64.3 cm³/mol. The maximum Gasteiger partial charge on any atom is 0.319 e. The first-order valence-corrected chi connectivity index (χ1v) is 5.39. The molecule has 0 atom stereocenters. The smallest absolute Gasteiger partial charge is 0.319 e. The van der Waals surface area contributed by atoms with Crippen molar-refractivity contribution in [3.63, 3.8) is 0 Å². The summed E-state index contributed by atoms with van der Waals surface area (Å²) in [4.78, 5) is 11.6. The van der Waals surface area contributed by atoms with E-state index in [9.17, 15) is 9.18 Å². The molecule has 1 rings (SSSR count). The Morgan fingerprint density at radius 1 is 1.41 bits per heavy atom. The molecule has 2 amide bonds. The number of nitrogens with one attached hydrogen (secondary N) is 2. The number of aliphatic hydroxyl groups is 1. The molecule has 17 heavy (non-hydrogen) atoms. The minimum atomic E-state index is -0.538. The third-order valence-electron chi connectivity index (χ3n) is 2.31. The van der Waals surface area contributed by atoms with Crippen LogP contribution in [0.15, 0.2) is 24.3 Å². The number of rotatable bonds is 4. The lowest BCUT2D eigenvalue weighted by atomic mass is 10.0. The van der Waals surface area contributed by atoms with Crippen LogP contribution in [0.4, 0.5) is 14.9 Å². The summed E-state index contributed by atoms with van der Waals surface area (Å²) in [6, 6.07) is 5.45. The van der Waals surface area contributed by atoms with Crippen LogP contribution in [0.5, 0.6) is 0 Å². The molecule has 94 valence electrons. The standard InChI is InChI=1S/C12H17FN2O2/c1-12(2,7-8-16)15-11(17)14-10-6-4-3-5-9(10)13/h3-6,16H,7-8H2,1-2H3,(H2,14,15,17). The van der Waals surface area contributed by atoms with Gasteiger partial charge in [-0.25, -0.2) is 9.18 Å². The number of aliphatic hydroxyl groups excluding tert-OH is 1. The van der Waals surface area contributed by atoms with Crippen LogP contribution in [0.25, 0.3) is 0 Å². The molecule has 0 unspecified atom stereocenters. The predicted octanol–water partition coefficient (Wildman–Crippen LogP) is 2.11. The van der Waals surface area contributed by atoms with Crippen LogP contribution in [0.3, 0.4) is 0 Å². The first-order chi connectivity index (χ1) is 7.94. The molecule has 0 spiro atoms. The first-order valence-electron chi connectivity index (χ1n) is 5.39. The van der Waals surface area contributed by atoms with Gasteiger partial charge in [0.1, 0.15) is 5.82 Å². The Morgan fingerprint density at radius 3 is 2.65 bits per heavy atom. The molecule has 0 fully saturated rings. The lowest BCUT2D eigenvalue weighted by Gasteiger charge is -2.25. The fourth-order valence-corrected chi connectivity index (χ4v) is 1.37. The number of hydrogen-bond donors (Lipinski definition) is 3. The van der Waals surface area contributed by atoms with Gasteiger partial charge in [0.05, 0.1) is 5.69 Å². The molecule has 5 heteroatoms. The van der Waals surface area contributed by atoms with Crippen LogP contribution in [0.2, 0.25) is 0 Å². The van der Waals surface area contributed by atoms with Crippen molar-refractivity contribution in [3.05, 3.63) is 30.1 Å². The second-order valence-corrected chi connectivity index (χ2v) is 4.42. The fraction of sp³-hybridized carbons (Fsp3) is 0.417. The van der Waals surface area contributed by atoms with Crippen LogP contribution >= 0.6 is 0 Å². The van der Waals surface area contributed by atoms with Crippen LogP contribution in [-0.2, 0) is 0 Å². The Kier molecular flexibility index (Phi) is 4.45. The van der Waals surface area contributed by atoms with E-state index in [0.29, 0.717) is 6.42 Å². The minimum Gasteiger partial charge on any atom is -0.396 e. The summed E-state index contributed by atoms with van der Waals surface area (Å²) in [6.07, 6.45) is 0.428. The molecule has 0 aliphatic rings. The molecule has 0 radical (unpaired) electrons. The van der Waals surface area contributed by atoms with Gasteiger partial charge in [-0.1, -0.05) is 12.1 Å². The molecule has 4 nitrogen and oxygen atoms in total. The SMILES string of the molecule is CC(C)(CCO)NC(=O)Nc1ccccc1F. The van der Waals surface area contributed by atoms with E-state index in [0.717, 1.165) is 0 Å². The van der Waals surface area contributed by atoms with Gasteiger partial charge in [-0.15, -0.1) is 0 Å². The number of urea groups is 1. The molecular formula is C12H17FN2O2. The first kappa shape index (κ1) is 13.4. The Balaban J connectivity index is 2.59. The number of amides is 2. The molecule has 0 saturated carbocycles. The van der Waals surface area contributed by atoms with E-state index >= 15 is 0 Å². The summed E-state index contributed by atoms with van der Waals surface area (Å²) in [5.74, 6) is -0.484. The summed E-state index contributed by atoms with van der Waals surface area (Å²) >= 11 is 0. The minimum absolute atomic E-state index is 0.0209. The van der Waals surface area contributed by atoms with Crippen molar-refractivity contribution in [2.75, 3.05) is 11.9 Å². The van der Waals surface area contributed by atoms with Crippen molar-refractivity contribution in [2.45, 2.75) is 25.8 Å². The van der Waals surface area contributed by atoms with Crippen LogP contribution in [0.1, 0.15) is 20.3 Å². The number of para-hydroxylation sites is 1. The van der Waals surface area contributed by atoms with E-state index in [1.807, 2.05) is 0 Å². The van der Waals surface area contributed by atoms with E-state index in [1.165, 1.54) is 12.1 Å². The monoisotopic (exact) mass is 240 g/mol. The highest BCUT2D eigenvalue weighted by Gasteiger charge is 2.19. The molecule has 3 N–H and O–H groups in total. The maximum atomic E-state index is 13.2. The average Bonchev–Trinajstić information content (AvgIpc) is 2.20. The number of anilines is 1. The summed E-state index contributed by atoms with van der Waals surface area (Å²) in [6.45, 7) is 3.54. The molecule has 0 bridgehead atoms. The molecule has 1 aromatic carbocycles. The Bertz CT molecular complexity index is 394. The van der Waals surface area contributed by atoms with Crippen LogP contribution < -0.4 is 10.6 Å². The van der Waals surface area contributed by atoms with Crippen molar-refractivity contribution in [3.8, 4) is 0 Å². The number of halogens is 1. The third-order valence-corrected chi connectivity index (χ3v) is 2.31. The maximum absolute atomic E-state index is 13.2. The highest BCUT2D eigenvalue weighted by atomic mass is 19.1. The van der Waals surface area contributed by atoms with Gasteiger partial charge in [-0.2, -0.15) is 0 Å². The van der Waals surface area contributed by atoms with Gasteiger partial charge in [-0.3, -0.25) is 0 Å². The zero-order chi connectivity index (χ0) is 12.9. The van der Waals surface area contributed by atoms with Gasteiger partial charge in [-0.05, 0) is 32.4 Å². The van der Waals surface area contributed by atoms with Crippen molar-refractivity contribution >= 4 is 11.7 Å². The molecule has 0 aliphatic heterocycles. The van der Waals surface area contributed by atoms with E-state index in [1.54, 1.807) is 26.0 Å². The number of carbonyl (C=O) groups is 1. The van der Waals surface area contributed by atoms with E-state index in [-0.39, 0.29) is 12.3 Å². The van der Waals surface area contributed by atoms with Gasteiger partial charge in [0.25, 0.3) is 0 Å². The average molecular weight is 240 g/mol. The zero-order valence-corrected chi connectivity index (χ0v) is 9.96. The molecular weight excluding hydrogens is 223 g/mol. The topological polar surface area (TPSA) is 61.4 Å². The van der Waals surface area contributed by atoms with Gasteiger partial charge >= 0.3 is 6.03 Å². The summed E-state index contributed by atoms with van der Waals surface area (Å²) in [5, 5.41) is 13.9. The lowest BCUT2D eigenvalue weighted by Crippen LogP contribution is -2.46. The van der Waals surface area contributed by atoms with Crippen molar-refractivity contribution < 1.29 is 14.3 Å². The highest BCUT2D eigenvalue weighted by molar-refractivity contribution is 5.89. The van der Waals surface area contributed by atoms with Gasteiger partial charge in [0.2, 0.25) is 0 Å². The molecule has 1 aromatic rings. The number of benzene rings is 1. The van der Waals surface area contributed by atoms with Crippen molar-refractivity contribution in [1.82, 2.24) is 5.32 Å². The second-order valence-electron chi connectivity index (χ2n) is 4.42. The summed E-state index contributed by atoms with van der Waals surface area (Å²) in [5.41, 5.74) is -0.408. The third kappa shape index (κ3) is 4.40. The molecule has 0 aliphatic carbocycles. The van der Waals surface area contributed by atoms with Crippen molar-refractivity contribution in [1.29, 1.82) is 0 Å². The highest BCUT2D eigenvalue weighted by Crippen LogP contribution is 2.13. The molecule has 0 heterocycles. The number of carbonyl (C=O) groups excluding carboxylic acids is 1. The van der Waals surface area contributed by atoms with Crippen molar-refractivity contribution in [2.24, 2.45) is 0 Å². The largest absolute Gasteiger partial charge is 0.396 e. The Morgan fingerprint density at radius 2 is 2.06 bits per heavy atom. The number of hydrogen-bond acceptors (Lipinski definition) is 2. The fourth-order valence-electron chi connectivity index (χ4n) is 1.37. The molecule has 0 aromatic heterocycles. The second kappa shape index (κ2) is 5.63. The van der Waals surface area contributed by atoms with Gasteiger partial charge in [0.15, 0.2) is 0 Å². The summed E-state index contributed by atoms with van der Waals surface area (Å²) in [7, 11) is 0. The van der Waals surface area contributed by atoms with E-state index < -0.39 is 17.4 Å². The van der Waals surface area contributed by atoms with Gasteiger partial charge < -0.3 is 15.7 Å². The van der Waals surface area contributed by atoms with Gasteiger partial charge in [0, 0.05) is 12.1 Å².